The zero-order valence-corrected chi connectivity index (χ0v) is 12.4. The van der Waals surface area contributed by atoms with Gasteiger partial charge in [-0.2, -0.15) is 5.26 Å². The molecule has 0 radical (unpaired) electrons. The van der Waals surface area contributed by atoms with Crippen LogP contribution < -0.4 is 4.72 Å². The van der Waals surface area contributed by atoms with Crippen LogP contribution in [0.5, 0.6) is 0 Å². The molecule has 7 nitrogen and oxygen atoms in total. The van der Waals surface area contributed by atoms with E-state index in [0.29, 0.717) is 5.56 Å². The van der Waals surface area contributed by atoms with Crippen LogP contribution in [0.2, 0.25) is 5.02 Å². The van der Waals surface area contributed by atoms with E-state index in [-0.39, 0.29) is 15.6 Å². The number of benzene rings is 2. The fraction of sp³-hybridized carbons (Fsp3) is 0. The van der Waals surface area contributed by atoms with Crippen molar-refractivity contribution in [2.45, 2.75) is 4.90 Å². The van der Waals surface area contributed by atoms with E-state index in [2.05, 4.69) is 4.72 Å². The summed E-state index contributed by atoms with van der Waals surface area (Å²) in [7, 11) is -3.92. The summed E-state index contributed by atoms with van der Waals surface area (Å²) in [5.41, 5.74) is -0.0664. The Hall–Kier alpha value is -2.63. The van der Waals surface area contributed by atoms with E-state index >= 15 is 0 Å². The fourth-order valence-electron chi connectivity index (χ4n) is 1.64. The molecule has 2 aromatic carbocycles. The summed E-state index contributed by atoms with van der Waals surface area (Å²) in [6.07, 6.45) is 0. The van der Waals surface area contributed by atoms with Crippen molar-refractivity contribution in [1.29, 1.82) is 5.26 Å². The van der Waals surface area contributed by atoms with Crippen molar-refractivity contribution in [3.63, 3.8) is 0 Å². The van der Waals surface area contributed by atoms with Gasteiger partial charge < -0.3 is 0 Å². The third kappa shape index (κ3) is 3.33. The lowest BCUT2D eigenvalue weighted by Crippen LogP contribution is -2.13. The number of rotatable bonds is 4. The molecule has 0 aliphatic carbocycles. The van der Waals surface area contributed by atoms with Crippen molar-refractivity contribution < 1.29 is 13.3 Å². The van der Waals surface area contributed by atoms with E-state index in [0.717, 1.165) is 6.07 Å². The van der Waals surface area contributed by atoms with Crippen LogP contribution in [0.3, 0.4) is 0 Å². The van der Waals surface area contributed by atoms with Gasteiger partial charge in [0.05, 0.1) is 27.1 Å². The number of hydrogen-bond acceptors (Lipinski definition) is 5. The standard InChI is InChI=1S/C13H8ClN3O4S/c14-12-6-3-10(7-13(12)17(18)19)16-22(20,21)11-4-1-9(8-15)2-5-11/h1-7,16H. The molecule has 0 aliphatic heterocycles. The summed E-state index contributed by atoms with van der Waals surface area (Å²) in [6, 6.07) is 10.7. The van der Waals surface area contributed by atoms with Gasteiger partial charge in [-0.3, -0.25) is 14.8 Å². The minimum absolute atomic E-state index is 0.0143. The summed E-state index contributed by atoms with van der Waals surface area (Å²) < 4.78 is 26.6. The Morgan fingerprint density at radius 2 is 1.82 bits per heavy atom. The number of nitro groups is 1. The SMILES string of the molecule is N#Cc1ccc(S(=O)(=O)Nc2ccc(Cl)c([N+](=O)[O-])c2)cc1. The van der Waals surface area contributed by atoms with Gasteiger partial charge in [0.15, 0.2) is 0 Å². The van der Waals surface area contributed by atoms with Crippen LogP contribution in [0.25, 0.3) is 0 Å². The molecular formula is C13H8ClN3O4S. The maximum atomic E-state index is 12.2. The molecule has 22 heavy (non-hydrogen) atoms. The van der Waals surface area contributed by atoms with E-state index in [9.17, 15) is 18.5 Å². The second kappa shape index (κ2) is 6.01. The number of nitrogens with one attached hydrogen (secondary N) is 1. The average Bonchev–Trinajstić information content (AvgIpc) is 2.48. The first-order chi connectivity index (χ1) is 10.3. The Labute approximate surface area is 131 Å². The smallest absolute Gasteiger partial charge is 0.279 e. The highest BCUT2D eigenvalue weighted by Crippen LogP contribution is 2.28. The predicted molar refractivity (Wildman–Crippen MR) is 80.1 cm³/mol. The molecule has 0 atom stereocenters. The second-order valence-corrected chi connectivity index (χ2v) is 6.25. The molecule has 0 aliphatic rings. The maximum Gasteiger partial charge on any atom is 0.289 e. The first-order valence-electron chi connectivity index (χ1n) is 5.80. The predicted octanol–water partition coefficient (Wildman–Crippen LogP) is 2.92. The summed E-state index contributed by atoms with van der Waals surface area (Å²) >= 11 is 5.66. The Kier molecular flexibility index (Phi) is 4.30. The van der Waals surface area contributed by atoms with Gasteiger partial charge in [-0.25, -0.2) is 8.42 Å². The summed E-state index contributed by atoms with van der Waals surface area (Å²) in [4.78, 5) is 10.0. The molecule has 112 valence electrons. The van der Waals surface area contributed by atoms with Gasteiger partial charge in [0.1, 0.15) is 5.02 Å². The van der Waals surface area contributed by atoms with Crippen molar-refractivity contribution in [3.8, 4) is 6.07 Å². The van der Waals surface area contributed by atoms with E-state index in [1.807, 2.05) is 6.07 Å². The number of nitriles is 1. The summed E-state index contributed by atoms with van der Waals surface area (Å²) in [5.74, 6) is 0. The topological polar surface area (TPSA) is 113 Å². The highest BCUT2D eigenvalue weighted by Gasteiger charge is 2.18. The van der Waals surface area contributed by atoms with Crippen molar-refractivity contribution >= 4 is 33.0 Å². The average molecular weight is 338 g/mol. The minimum atomic E-state index is -3.92. The highest BCUT2D eigenvalue weighted by molar-refractivity contribution is 7.92. The molecule has 0 bridgehead atoms. The summed E-state index contributed by atoms with van der Waals surface area (Å²) in [6.45, 7) is 0. The Morgan fingerprint density at radius 1 is 1.18 bits per heavy atom. The Balaban J connectivity index is 2.34. The Bertz CT molecular complexity index is 873. The zero-order chi connectivity index (χ0) is 16.3. The fourth-order valence-corrected chi connectivity index (χ4v) is 2.87. The lowest BCUT2D eigenvalue weighted by molar-refractivity contribution is -0.384. The molecule has 2 rings (SSSR count). The van der Waals surface area contributed by atoms with Crippen LogP contribution in [0.15, 0.2) is 47.4 Å². The van der Waals surface area contributed by atoms with Crippen LogP contribution >= 0.6 is 11.6 Å². The number of nitrogens with zero attached hydrogens (tertiary/aromatic N) is 2. The van der Waals surface area contributed by atoms with Gasteiger partial charge in [0, 0.05) is 6.07 Å². The van der Waals surface area contributed by atoms with Crippen LogP contribution in [-0.4, -0.2) is 13.3 Å². The molecule has 0 fully saturated rings. The van der Waals surface area contributed by atoms with Gasteiger partial charge in [0.2, 0.25) is 0 Å². The van der Waals surface area contributed by atoms with E-state index in [4.69, 9.17) is 16.9 Å². The molecule has 1 N–H and O–H groups in total. The first-order valence-corrected chi connectivity index (χ1v) is 7.66. The van der Waals surface area contributed by atoms with Crippen molar-refractivity contribution in [2.75, 3.05) is 4.72 Å². The van der Waals surface area contributed by atoms with Crippen LogP contribution in [-0.2, 0) is 10.0 Å². The van der Waals surface area contributed by atoms with Crippen LogP contribution in [0, 0.1) is 21.4 Å². The van der Waals surface area contributed by atoms with Crippen LogP contribution in [0.4, 0.5) is 11.4 Å². The van der Waals surface area contributed by atoms with Crippen molar-refractivity contribution in [3.05, 3.63) is 63.2 Å². The quantitative estimate of drug-likeness (QED) is 0.680. The maximum absolute atomic E-state index is 12.2. The van der Waals surface area contributed by atoms with E-state index < -0.39 is 20.6 Å². The van der Waals surface area contributed by atoms with Gasteiger partial charge in [-0.15, -0.1) is 0 Å². The Morgan fingerprint density at radius 3 is 2.36 bits per heavy atom. The molecule has 0 aromatic heterocycles. The first kappa shape index (κ1) is 15.8. The largest absolute Gasteiger partial charge is 0.289 e. The summed E-state index contributed by atoms with van der Waals surface area (Å²) in [5, 5.41) is 19.4. The number of hydrogen-bond donors (Lipinski definition) is 1. The third-order valence-corrected chi connectivity index (χ3v) is 4.41. The van der Waals surface area contributed by atoms with Crippen LogP contribution in [0.1, 0.15) is 5.56 Å². The third-order valence-electron chi connectivity index (χ3n) is 2.69. The normalized spacial score (nSPS) is 10.7. The monoisotopic (exact) mass is 337 g/mol. The molecular weight excluding hydrogens is 330 g/mol. The lowest BCUT2D eigenvalue weighted by atomic mass is 10.2. The van der Waals surface area contributed by atoms with E-state index in [1.54, 1.807) is 0 Å². The van der Waals surface area contributed by atoms with Gasteiger partial charge in [-0.1, -0.05) is 11.6 Å². The molecule has 2 aromatic rings. The van der Waals surface area contributed by atoms with Gasteiger partial charge in [-0.05, 0) is 36.4 Å². The molecule has 9 heteroatoms. The molecule has 0 amide bonds. The minimum Gasteiger partial charge on any atom is -0.279 e. The number of nitro benzene ring substituents is 1. The highest BCUT2D eigenvalue weighted by atomic mass is 35.5. The van der Waals surface area contributed by atoms with Gasteiger partial charge in [0.25, 0.3) is 15.7 Å². The van der Waals surface area contributed by atoms with Crippen molar-refractivity contribution in [2.24, 2.45) is 0 Å². The zero-order valence-electron chi connectivity index (χ0n) is 10.9. The van der Waals surface area contributed by atoms with Crippen molar-refractivity contribution in [1.82, 2.24) is 0 Å². The molecule has 0 heterocycles. The number of anilines is 1. The molecule has 0 saturated carbocycles. The van der Waals surface area contributed by atoms with E-state index in [1.165, 1.54) is 36.4 Å². The molecule has 0 spiro atoms. The second-order valence-electron chi connectivity index (χ2n) is 4.16. The molecule has 0 saturated heterocycles. The number of halogens is 1. The molecule has 0 unspecified atom stereocenters. The number of sulfonamides is 1. The van der Waals surface area contributed by atoms with Gasteiger partial charge >= 0.3 is 0 Å². The lowest BCUT2D eigenvalue weighted by Gasteiger charge is -2.08.